The summed E-state index contributed by atoms with van der Waals surface area (Å²) in [7, 11) is 1.61. The molecule has 1 unspecified atom stereocenters. The molecule has 1 heterocycles. The Labute approximate surface area is 175 Å². The van der Waals surface area contributed by atoms with Crippen molar-refractivity contribution in [2.45, 2.75) is 6.42 Å². The number of anilines is 1. The van der Waals surface area contributed by atoms with E-state index in [1.165, 1.54) is 0 Å². The van der Waals surface area contributed by atoms with Crippen LogP contribution in [-0.4, -0.2) is 38.6 Å². The van der Waals surface area contributed by atoms with Crippen LogP contribution in [0.2, 0.25) is 0 Å². The Balaban J connectivity index is 1.25. The van der Waals surface area contributed by atoms with E-state index in [2.05, 4.69) is 5.32 Å². The summed E-state index contributed by atoms with van der Waals surface area (Å²) < 4.78 is 10.8. The molecule has 1 aliphatic rings. The zero-order chi connectivity index (χ0) is 20.9. The molecule has 1 aliphatic heterocycles. The van der Waals surface area contributed by atoms with Gasteiger partial charge >= 0.3 is 0 Å². The fourth-order valence-electron chi connectivity index (χ4n) is 3.65. The van der Waals surface area contributed by atoms with Gasteiger partial charge in [-0.15, -0.1) is 0 Å². The molecule has 0 aromatic heterocycles. The monoisotopic (exact) mass is 404 g/mol. The van der Waals surface area contributed by atoms with Crippen molar-refractivity contribution < 1.29 is 19.1 Å². The van der Waals surface area contributed by atoms with Crippen molar-refractivity contribution in [3.8, 4) is 11.5 Å². The highest BCUT2D eigenvalue weighted by atomic mass is 16.5. The third-order valence-electron chi connectivity index (χ3n) is 5.27. The number of carbonyl (C=O) groups excluding carboxylic acids is 2. The molecule has 0 saturated carbocycles. The molecule has 0 radical (unpaired) electrons. The smallest absolute Gasteiger partial charge is 0.257 e. The van der Waals surface area contributed by atoms with Gasteiger partial charge in [0.2, 0.25) is 5.91 Å². The summed E-state index contributed by atoms with van der Waals surface area (Å²) in [5.41, 5.74) is 0.842. The van der Waals surface area contributed by atoms with Crippen molar-refractivity contribution in [1.29, 1.82) is 0 Å². The van der Waals surface area contributed by atoms with Crippen molar-refractivity contribution in [2.24, 2.45) is 5.92 Å². The molecule has 1 atom stereocenters. The van der Waals surface area contributed by atoms with Gasteiger partial charge in [-0.3, -0.25) is 9.59 Å². The number of methoxy groups -OCH3 is 1. The number of nitrogens with zero attached hydrogens (tertiary/aromatic N) is 1. The number of carbonyl (C=O) groups is 2. The van der Waals surface area contributed by atoms with Crippen molar-refractivity contribution >= 4 is 28.3 Å². The van der Waals surface area contributed by atoms with Crippen molar-refractivity contribution in [3.05, 3.63) is 66.7 Å². The SMILES string of the molecule is COc1ccc(N2CC(CNC(=O)COc3ccc4ccccc4c3)CC2=O)cc1. The fourth-order valence-corrected chi connectivity index (χ4v) is 3.65. The minimum Gasteiger partial charge on any atom is -0.497 e. The molecule has 3 aromatic carbocycles. The largest absolute Gasteiger partial charge is 0.497 e. The molecule has 6 nitrogen and oxygen atoms in total. The van der Waals surface area contributed by atoms with Gasteiger partial charge in [0.1, 0.15) is 11.5 Å². The standard InChI is InChI=1S/C24H24N2O4/c1-29-21-10-7-20(8-11-21)26-15-17(12-24(26)28)14-25-23(27)16-30-22-9-6-18-4-2-3-5-19(18)13-22/h2-11,13,17H,12,14-16H2,1H3,(H,25,27). The quantitative estimate of drug-likeness (QED) is 0.655. The number of fused-ring (bicyclic) bond motifs is 1. The van der Waals surface area contributed by atoms with E-state index >= 15 is 0 Å². The highest BCUT2D eigenvalue weighted by Crippen LogP contribution is 2.26. The Morgan fingerprint density at radius 1 is 1.03 bits per heavy atom. The minimum atomic E-state index is -0.196. The summed E-state index contributed by atoms with van der Waals surface area (Å²) in [5.74, 6) is 1.35. The fraction of sp³-hybridized carbons (Fsp3) is 0.250. The molecule has 0 spiro atoms. The van der Waals surface area contributed by atoms with Gasteiger partial charge in [0, 0.05) is 31.1 Å². The third-order valence-corrected chi connectivity index (χ3v) is 5.27. The number of benzene rings is 3. The average molecular weight is 404 g/mol. The lowest BCUT2D eigenvalue weighted by Gasteiger charge is -2.17. The molecule has 0 bridgehead atoms. The number of rotatable bonds is 7. The first-order valence-corrected chi connectivity index (χ1v) is 9.95. The van der Waals surface area contributed by atoms with Crippen LogP contribution >= 0.6 is 0 Å². The molecule has 154 valence electrons. The van der Waals surface area contributed by atoms with Crippen LogP contribution < -0.4 is 19.7 Å². The van der Waals surface area contributed by atoms with Crippen LogP contribution in [0, 0.1) is 5.92 Å². The van der Waals surface area contributed by atoms with Gasteiger partial charge in [0.05, 0.1) is 7.11 Å². The number of nitrogens with one attached hydrogen (secondary N) is 1. The zero-order valence-corrected chi connectivity index (χ0v) is 16.8. The number of ether oxygens (including phenoxy) is 2. The highest BCUT2D eigenvalue weighted by molar-refractivity contribution is 5.95. The first kappa shape index (κ1) is 19.8. The van der Waals surface area contributed by atoms with Gasteiger partial charge in [-0.1, -0.05) is 30.3 Å². The van der Waals surface area contributed by atoms with Crippen LogP contribution in [0.25, 0.3) is 10.8 Å². The van der Waals surface area contributed by atoms with Crippen molar-refractivity contribution in [3.63, 3.8) is 0 Å². The van der Waals surface area contributed by atoms with Crippen LogP contribution in [-0.2, 0) is 9.59 Å². The van der Waals surface area contributed by atoms with E-state index in [4.69, 9.17) is 9.47 Å². The highest BCUT2D eigenvalue weighted by Gasteiger charge is 2.30. The number of hydrogen-bond acceptors (Lipinski definition) is 4. The second kappa shape index (κ2) is 8.86. The first-order valence-electron chi connectivity index (χ1n) is 9.95. The number of hydrogen-bond donors (Lipinski definition) is 1. The zero-order valence-electron chi connectivity index (χ0n) is 16.8. The molecule has 1 fully saturated rings. The van der Waals surface area contributed by atoms with Gasteiger partial charge in [-0.05, 0) is 47.2 Å². The first-order chi connectivity index (χ1) is 14.6. The second-order valence-electron chi connectivity index (χ2n) is 7.37. The van der Waals surface area contributed by atoms with E-state index in [0.717, 1.165) is 22.2 Å². The molecule has 30 heavy (non-hydrogen) atoms. The summed E-state index contributed by atoms with van der Waals surface area (Å²) in [6.07, 6.45) is 0.415. The van der Waals surface area contributed by atoms with E-state index in [9.17, 15) is 9.59 Å². The van der Waals surface area contributed by atoms with Crippen molar-refractivity contribution in [1.82, 2.24) is 5.32 Å². The van der Waals surface area contributed by atoms with E-state index in [0.29, 0.717) is 25.3 Å². The Morgan fingerprint density at radius 2 is 1.77 bits per heavy atom. The maximum absolute atomic E-state index is 12.4. The lowest BCUT2D eigenvalue weighted by atomic mass is 10.1. The van der Waals surface area contributed by atoms with Gasteiger partial charge in [-0.25, -0.2) is 0 Å². The summed E-state index contributed by atoms with van der Waals surface area (Å²) in [5, 5.41) is 5.07. The van der Waals surface area contributed by atoms with Gasteiger partial charge in [-0.2, -0.15) is 0 Å². The normalized spacial score (nSPS) is 16.0. The molecule has 1 saturated heterocycles. The Kier molecular flexibility index (Phi) is 5.84. The van der Waals surface area contributed by atoms with Crippen LogP contribution in [0.4, 0.5) is 5.69 Å². The molecule has 4 rings (SSSR count). The van der Waals surface area contributed by atoms with Gasteiger partial charge in [0.15, 0.2) is 6.61 Å². The Hall–Kier alpha value is -3.54. The predicted octanol–water partition coefficient (Wildman–Crippen LogP) is 3.40. The summed E-state index contributed by atoms with van der Waals surface area (Å²) in [4.78, 5) is 26.3. The Morgan fingerprint density at radius 3 is 2.53 bits per heavy atom. The van der Waals surface area contributed by atoms with Crippen molar-refractivity contribution in [2.75, 3.05) is 31.7 Å². The van der Waals surface area contributed by atoms with Gasteiger partial charge in [0.25, 0.3) is 5.91 Å². The third kappa shape index (κ3) is 4.54. The van der Waals surface area contributed by atoms with E-state index in [1.54, 1.807) is 12.0 Å². The molecular weight excluding hydrogens is 380 g/mol. The number of amides is 2. The molecule has 2 amide bonds. The Bertz CT molecular complexity index is 1050. The molecule has 6 heteroatoms. The van der Waals surface area contributed by atoms with Crippen LogP contribution in [0.1, 0.15) is 6.42 Å². The summed E-state index contributed by atoms with van der Waals surface area (Å²) in [6.45, 7) is 0.969. The van der Waals surface area contributed by atoms with Crippen LogP contribution in [0.5, 0.6) is 11.5 Å². The van der Waals surface area contributed by atoms with E-state index < -0.39 is 0 Å². The lowest BCUT2D eigenvalue weighted by Crippen LogP contribution is -2.34. The maximum Gasteiger partial charge on any atom is 0.257 e. The van der Waals surface area contributed by atoms with Crippen LogP contribution in [0.15, 0.2) is 66.7 Å². The molecule has 1 N–H and O–H groups in total. The second-order valence-corrected chi connectivity index (χ2v) is 7.37. The molecule has 3 aromatic rings. The molecular formula is C24H24N2O4. The van der Waals surface area contributed by atoms with E-state index in [1.807, 2.05) is 66.7 Å². The minimum absolute atomic E-state index is 0.0544. The van der Waals surface area contributed by atoms with Crippen LogP contribution in [0.3, 0.4) is 0 Å². The molecule has 0 aliphatic carbocycles. The summed E-state index contributed by atoms with van der Waals surface area (Å²) >= 11 is 0. The predicted molar refractivity (Wildman–Crippen MR) is 116 cm³/mol. The van der Waals surface area contributed by atoms with E-state index in [-0.39, 0.29) is 24.3 Å². The van der Waals surface area contributed by atoms with Gasteiger partial charge < -0.3 is 19.7 Å². The maximum atomic E-state index is 12.4. The lowest BCUT2D eigenvalue weighted by molar-refractivity contribution is -0.123. The summed E-state index contributed by atoms with van der Waals surface area (Å²) in [6, 6.07) is 21.2. The topological polar surface area (TPSA) is 67.9 Å². The average Bonchev–Trinajstić information content (AvgIpc) is 3.16.